The summed E-state index contributed by atoms with van der Waals surface area (Å²) < 4.78 is 53.4. The predicted octanol–water partition coefficient (Wildman–Crippen LogP) is 4.58. The maximum Gasteiger partial charge on any atom is 0.261 e. The molecule has 3 aromatic carbocycles. The first-order valence-corrected chi connectivity index (χ1v) is 10.8. The molecule has 30 heavy (non-hydrogen) atoms. The van der Waals surface area contributed by atoms with Crippen molar-refractivity contribution in [3.05, 3.63) is 88.1 Å². The molecule has 10 heteroatoms. The molecule has 6 nitrogen and oxygen atoms in total. The van der Waals surface area contributed by atoms with Gasteiger partial charge in [-0.1, -0.05) is 28.1 Å². The third-order valence-corrected chi connectivity index (χ3v) is 5.93. The number of benzene rings is 3. The lowest BCUT2D eigenvalue weighted by molar-refractivity contribution is -0.00626. The molecule has 0 bridgehead atoms. The highest BCUT2D eigenvalue weighted by molar-refractivity contribution is 9.10. The van der Waals surface area contributed by atoms with Crippen molar-refractivity contribution in [2.75, 3.05) is 4.72 Å². The first-order valence-electron chi connectivity index (χ1n) is 8.52. The van der Waals surface area contributed by atoms with Crippen LogP contribution in [0.5, 0.6) is 5.75 Å². The predicted molar refractivity (Wildman–Crippen MR) is 111 cm³/mol. The lowest BCUT2D eigenvalue weighted by Crippen LogP contribution is -2.25. The van der Waals surface area contributed by atoms with Gasteiger partial charge >= 0.3 is 0 Å². The van der Waals surface area contributed by atoms with Crippen LogP contribution in [-0.4, -0.2) is 14.3 Å². The topological polar surface area (TPSA) is 84.5 Å². The van der Waals surface area contributed by atoms with Crippen LogP contribution in [0, 0.1) is 5.82 Å². The highest BCUT2D eigenvalue weighted by Gasteiger charge is 2.19. The second-order valence-corrected chi connectivity index (χ2v) is 8.75. The lowest BCUT2D eigenvalue weighted by Gasteiger charge is -2.13. The lowest BCUT2D eigenvalue weighted by atomic mass is 10.1. The number of amides is 1. The van der Waals surface area contributed by atoms with Crippen LogP contribution in [0.3, 0.4) is 0 Å². The summed E-state index contributed by atoms with van der Waals surface area (Å²) in [5.74, 6) is -1.06. The van der Waals surface area contributed by atoms with E-state index in [0.717, 1.165) is 12.1 Å². The normalized spacial score (nSPS) is 11.0. The molecule has 0 saturated carbocycles. The monoisotopic (exact) mass is 496 g/mol. The number of sulfonamides is 1. The van der Waals surface area contributed by atoms with Crippen LogP contribution in [-0.2, 0) is 16.6 Å². The molecule has 3 aromatic rings. The van der Waals surface area contributed by atoms with Crippen LogP contribution in [0.25, 0.3) is 0 Å². The number of anilines is 1. The molecule has 3 rings (SSSR count). The van der Waals surface area contributed by atoms with Crippen LogP contribution < -0.4 is 15.0 Å². The zero-order chi connectivity index (χ0) is 21.7. The standard InChI is InChI=1S/C20H15BrF2N2O4S/c21-14-3-10-19(25-30(27,28)17-8-6-16(29-23)7-9-17)18(11-14)20(26)24-12-13-1-4-15(22)5-2-13/h1-11,25H,12H2,(H,24,26). The summed E-state index contributed by atoms with van der Waals surface area (Å²) in [4.78, 5) is 16.1. The molecule has 2 N–H and O–H groups in total. The van der Waals surface area contributed by atoms with Crippen molar-refractivity contribution < 1.29 is 27.1 Å². The Morgan fingerprint density at radius 1 is 1.00 bits per heavy atom. The zero-order valence-corrected chi connectivity index (χ0v) is 17.6. The third kappa shape index (κ3) is 5.33. The van der Waals surface area contributed by atoms with Crippen LogP contribution in [0.1, 0.15) is 15.9 Å². The van der Waals surface area contributed by atoms with Gasteiger partial charge in [-0.2, -0.15) is 0 Å². The minimum atomic E-state index is -4.04. The summed E-state index contributed by atoms with van der Waals surface area (Å²) in [6.45, 7) is 0.127. The SMILES string of the molecule is O=C(NCc1ccc(F)cc1)c1cc(Br)ccc1NS(=O)(=O)c1ccc(OF)cc1. The molecule has 0 fully saturated rings. The number of carbonyl (C=O) groups excluding carboxylic acids is 1. The Morgan fingerprint density at radius 3 is 2.30 bits per heavy atom. The Hall–Kier alpha value is -2.98. The highest BCUT2D eigenvalue weighted by atomic mass is 79.9. The number of hydrogen-bond donors (Lipinski definition) is 2. The first-order chi connectivity index (χ1) is 14.3. The molecule has 0 spiro atoms. The number of nitrogens with one attached hydrogen (secondary N) is 2. The van der Waals surface area contributed by atoms with Gasteiger partial charge < -0.3 is 5.32 Å². The Bertz CT molecular complexity index is 1150. The molecule has 1 amide bonds. The molecule has 0 saturated heterocycles. The summed E-state index contributed by atoms with van der Waals surface area (Å²) >= 11 is 3.26. The maximum atomic E-state index is 13.0. The van der Waals surface area contributed by atoms with Crippen LogP contribution in [0.15, 0.2) is 76.1 Å². The van der Waals surface area contributed by atoms with E-state index >= 15 is 0 Å². The Morgan fingerprint density at radius 2 is 1.67 bits per heavy atom. The molecular weight excluding hydrogens is 482 g/mol. The summed E-state index contributed by atoms with van der Waals surface area (Å²) in [5.41, 5.74) is 0.816. The number of rotatable bonds is 7. The van der Waals surface area contributed by atoms with E-state index in [4.69, 9.17) is 0 Å². The molecule has 0 aliphatic carbocycles. The zero-order valence-electron chi connectivity index (χ0n) is 15.2. The van der Waals surface area contributed by atoms with E-state index in [0.29, 0.717) is 10.0 Å². The molecule has 0 aliphatic rings. The quantitative estimate of drug-likeness (QED) is 0.501. The molecule has 0 unspecified atom stereocenters. The summed E-state index contributed by atoms with van der Waals surface area (Å²) in [6, 6.07) is 14.8. The number of halogens is 3. The van der Waals surface area contributed by atoms with Crippen molar-refractivity contribution >= 4 is 37.5 Å². The van der Waals surface area contributed by atoms with E-state index < -0.39 is 15.9 Å². The van der Waals surface area contributed by atoms with Crippen molar-refractivity contribution in [3.63, 3.8) is 0 Å². The molecule has 156 valence electrons. The molecule has 0 radical (unpaired) electrons. The van der Waals surface area contributed by atoms with Gasteiger partial charge in [0.05, 0.1) is 16.1 Å². The van der Waals surface area contributed by atoms with E-state index in [1.807, 2.05) is 0 Å². The van der Waals surface area contributed by atoms with Crippen LogP contribution in [0.4, 0.5) is 14.6 Å². The molecule has 0 heterocycles. The molecule has 0 aliphatic heterocycles. The smallest absolute Gasteiger partial charge is 0.261 e. The average Bonchev–Trinajstić information content (AvgIpc) is 2.74. The van der Waals surface area contributed by atoms with E-state index in [1.54, 1.807) is 6.07 Å². The molecule has 0 aromatic heterocycles. The Labute approximate surface area is 180 Å². The summed E-state index contributed by atoms with van der Waals surface area (Å²) in [7, 11) is -4.04. The van der Waals surface area contributed by atoms with Gasteiger partial charge in [0.1, 0.15) is 5.82 Å². The van der Waals surface area contributed by atoms with Crippen molar-refractivity contribution in [1.29, 1.82) is 0 Å². The van der Waals surface area contributed by atoms with E-state index in [2.05, 4.69) is 30.9 Å². The largest absolute Gasteiger partial charge is 0.348 e. The van der Waals surface area contributed by atoms with E-state index in [9.17, 15) is 22.1 Å². The van der Waals surface area contributed by atoms with Gasteiger partial charge in [0.25, 0.3) is 15.9 Å². The van der Waals surface area contributed by atoms with Crippen molar-refractivity contribution in [2.24, 2.45) is 0 Å². The second-order valence-electron chi connectivity index (χ2n) is 6.15. The minimum Gasteiger partial charge on any atom is -0.348 e. The number of hydrogen-bond acceptors (Lipinski definition) is 4. The molecule has 0 atom stereocenters. The van der Waals surface area contributed by atoms with Crippen molar-refractivity contribution in [1.82, 2.24) is 5.32 Å². The van der Waals surface area contributed by atoms with Gasteiger partial charge in [-0.25, -0.2) is 12.8 Å². The fourth-order valence-electron chi connectivity index (χ4n) is 2.55. The fraction of sp³-hybridized carbons (Fsp3) is 0.0500. The third-order valence-electron chi connectivity index (χ3n) is 4.06. The van der Waals surface area contributed by atoms with Gasteiger partial charge in [0.15, 0.2) is 5.75 Å². The van der Waals surface area contributed by atoms with Crippen LogP contribution in [0.2, 0.25) is 0 Å². The van der Waals surface area contributed by atoms with E-state index in [-0.39, 0.29) is 34.3 Å². The van der Waals surface area contributed by atoms with Gasteiger partial charge in [-0.15, -0.1) is 0 Å². The van der Waals surface area contributed by atoms with Gasteiger partial charge in [-0.05, 0) is 60.2 Å². The minimum absolute atomic E-state index is 0.0561. The van der Waals surface area contributed by atoms with Gasteiger partial charge in [0, 0.05) is 15.5 Å². The maximum absolute atomic E-state index is 13.0. The highest BCUT2D eigenvalue weighted by Crippen LogP contribution is 2.25. The van der Waals surface area contributed by atoms with Gasteiger partial charge in [-0.3, -0.25) is 14.5 Å². The van der Waals surface area contributed by atoms with Crippen LogP contribution >= 0.6 is 15.9 Å². The summed E-state index contributed by atoms with van der Waals surface area (Å²) in [5, 5.41) is 2.67. The van der Waals surface area contributed by atoms with Gasteiger partial charge in [0.2, 0.25) is 0 Å². The Balaban J connectivity index is 1.81. The Kier molecular flexibility index (Phi) is 6.68. The second kappa shape index (κ2) is 9.23. The average molecular weight is 497 g/mol. The first kappa shape index (κ1) is 21.7. The number of carbonyl (C=O) groups is 1. The molecular formula is C20H15BrF2N2O4S. The van der Waals surface area contributed by atoms with E-state index in [1.165, 1.54) is 48.5 Å². The summed E-state index contributed by atoms with van der Waals surface area (Å²) in [6.07, 6.45) is 0. The van der Waals surface area contributed by atoms with Crippen molar-refractivity contribution in [2.45, 2.75) is 11.4 Å². The fourth-order valence-corrected chi connectivity index (χ4v) is 3.99. The van der Waals surface area contributed by atoms with Crippen molar-refractivity contribution in [3.8, 4) is 5.75 Å².